The summed E-state index contributed by atoms with van der Waals surface area (Å²) in [6.07, 6.45) is -1.06. The Hall–Kier alpha value is -3.95. The number of non-ortho nitro benzene ring substituents is 1. The second-order valence-corrected chi connectivity index (χ2v) is 7.23. The molecule has 0 fully saturated rings. The molecule has 2 aromatic carbocycles. The summed E-state index contributed by atoms with van der Waals surface area (Å²) < 4.78 is 11.1. The summed E-state index contributed by atoms with van der Waals surface area (Å²) in [6.45, 7) is 3.05. The summed E-state index contributed by atoms with van der Waals surface area (Å²) in [6, 6.07) is 8.53. The Morgan fingerprint density at radius 3 is 2.61 bits per heavy atom. The number of nitro benzene ring substituents is 1. The van der Waals surface area contributed by atoms with Crippen LogP contribution in [0.1, 0.15) is 30.6 Å². The van der Waals surface area contributed by atoms with Gasteiger partial charge in [-0.25, -0.2) is 0 Å². The van der Waals surface area contributed by atoms with Crippen molar-refractivity contribution >= 4 is 34.7 Å². The minimum atomic E-state index is -0.792. The number of fused-ring (bicyclic) bond motifs is 2. The second kappa shape index (κ2) is 7.71. The van der Waals surface area contributed by atoms with Crippen molar-refractivity contribution in [2.45, 2.75) is 32.5 Å². The van der Waals surface area contributed by atoms with E-state index in [2.05, 4.69) is 5.32 Å². The molecule has 1 N–H and O–H groups in total. The molecule has 0 aromatic heterocycles. The third-order valence-electron chi connectivity index (χ3n) is 5.16. The maximum Gasteiger partial charge on any atom is 0.271 e. The predicted octanol–water partition coefficient (Wildman–Crippen LogP) is 2.70. The average Bonchev–Trinajstić information content (AvgIpc) is 2.75. The van der Waals surface area contributed by atoms with Gasteiger partial charge in [0.25, 0.3) is 17.5 Å². The number of ketones is 1. The lowest BCUT2D eigenvalue weighted by atomic mass is 10.1. The van der Waals surface area contributed by atoms with Crippen LogP contribution in [0.3, 0.4) is 0 Å². The first-order valence-corrected chi connectivity index (χ1v) is 9.69. The highest BCUT2D eigenvalue weighted by molar-refractivity contribution is 6.09. The van der Waals surface area contributed by atoms with E-state index in [4.69, 9.17) is 9.47 Å². The third-order valence-corrected chi connectivity index (χ3v) is 5.16. The standard InChI is InChI=1S/C21H19N3O7/c1-3-17-21(27)23(15-9-13(24(28)29)5-7-19(15)31-17)10-16(25)12-4-6-18-14(8-12)22-20(26)11(2)30-18/h4-9,11,17H,3,10H2,1-2H3,(H,22,26). The van der Waals surface area contributed by atoms with Gasteiger partial charge in [0.1, 0.15) is 11.5 Å². The molecular weight excluding hydrogens is 406 g/mol. The van der Waals surface area contributed by atoms with Crippen molar-refractivity contribution in [3.63, 3.8) is 0 Å². The van der Waals surface area contributed by atoms with Crippen LogP contribution >= 0.6 is 0 Å². The van der Waals surface area contributed by atoms with Crippen LogP contribution in [0.4, 0.5) is 17.1 Å². The number of carbonyl (C=O) groups is 3. The largest absolute Gasteiger partial charge is 0.479 e. The topological polar surface area (TPSA) is 128 Å². The molecule has 2 unspecified atom stereocenters. The summed E-state index contributed by atoms with van der Waals surface area (Å²) in [5.74, 6) is -0.443. The van der Waals surface area contributed by atoms with Crippen molar-refractivity contribution in [3.8, 4) is 11.5 Å². The van der Waals surface area contributed by atoms with E-state index >= 15 is 0 Å². The number of benzene rings is 2. The molecule has 0 saturated carbocycles. The number of anilines is 2. The Bertz CT molecular complexity index is 1110. The van der Waals surface area contributed by atoms with Gasteiger partial charge in [0.2, 0.25) is 0 Å². The fourth-order valence-electron chi connectivity index (χ4n) is 3.46. The van der Waals surface area contributed by atoms with Gasteiger partial charge in [0.15, 0.2) is 18.0 Å². The van der Waals surface area contributed by atoms with Gasteiger partial charge in [-0.1, -0.05) is 6.92 Å². The first-order valence-electron chi connectivity index (χ1n) is 9.69. The molecule has 0 saturated heterocycles. The average molecular weight is 425 g/mol. The monoisotopic (exact) mass is 425 g/mol. The highest BCUT2D eigenvalue weighted by Crippen LogP contribution is 2.38. The fourth-order valence-corrected chi connectivity index (χ4v) is 3.46. The highest BCUT2D eigenvalue weighted by Gasteiger charge is 2.36. The lowest BCUT2D eigenvalue weighted by Crippen LogP contribution is -2.47. The normalized spacial score (nSPS) is 19.5. The Morgan fingerprint density at radius 1 is 1.16 bits per heavy atom. The van der Waals surface area contributed by atoms with Crippen LogP contribution in [-0.4, -0.2) is 41.3 Å². The zero-order valence-electron chi connectivity index (χ0n) is 16.8. The lowest BCUT2D eigenvalue weighted by Gasteiger charge is -2.33. The number of nitro groups is 1. The van der Waals surface area contributed by atoms with Crippen molar-refractivity contribution in [1.29, 1.82) is 0 Å². The second-order valence-electron chi connectivity index (χ2n) is 7.23. The highest BCUT2D eigenvalue weighted by atomic mass is 16.6. The molecule has 160 valence electrons. The van der Waals surface area contributed by atoms with Crippen LogP contribution in [0.5, 0.6) is 11.5 Å². The Balaban J connectivity index is 1.65. The van der Waals surface area contributed by atoms with Gasteiger partial charge in [-0.3, -0.25) is 29.4 Å². The van der Waals surface area contributed by atoms with Gasteiger partial charge in [0.05, 0.1) is 22.8 Å². The minimum Gasteiger partial charge on any atom is -0.479 e. The minimum absolute atomic E-state index is 0.167. The van der Waals surface area contributed by atoms with Crippen LogP contribution in [0.2, 0.25) is 0 Å². The number of nitrogens with zero attached hydrogens (tertiary/aromatic N) is 2. The Morgan fingerprint density at radius 2 is 1.90 bits per heavy atom. The molecule has 2 aliphatic rings. The Labute approximate surface area is 176 Å². The first kappa shape index (κ1) is 20.3. The smallest absolute Gasteiger partial charge is 0.271 e. The molecule has 2 amide bonds. The Kier molecular flexibility index (Phi) is 5.05. The number of hydrogen-bond donors (Lipinski definition) is 1. The fraction of sp³-hybridized carbons (Fsp3) is 0.286. The molecule has 0 bridgehead atoms. The molecule has 10 nitrogen and oxygen atoms in total. The summed E-state index contributed by atoms with van der Waals surface area (Å²) in [4.78, 5) is 49.5. The van der Waals surface area contributed by atoms with Crippen molar-refractivity contribution in [1.82, 2.24) is 0 Å². The zero-order chi connectivity index (χ0) is 22.3. The molecule has 0 radical (unpaired) electrons. The van der Waals surface area contributed by atoms with Gasteiger partial charge in [-0.15, -0.1) is 0 Å². The molecule has 2 heterocycles. The number of amides is 2. The van der Waals surface area contributed by atoms with Gasteiger partial charge in [-0.2, -0.15) is 0 Å². The summed E-state index contributed by atoms with van der Waals surface area (Å²) in [5, 5.41) is 13.9. The summed E-state index contributed by atoms with van der Waals surface area (Å²) in [5.41, 5.74) is 0.576. The van der Waals surface area contributed by atoms with Gasteiger partial charge < -0.3 is 14.8 Å². The first-order chi connectivity index (χ1) is 14.8. The van der Waals surface area contributed by atoms with Crippen LogP contribution in [0, 0.1) is 10.1 Å². The van der Waals surface area contributed by atoms with Crippen LogP contribution < -0.4 is 19.7 Å². The summed E-state index contributed by atoms with van der Waals surface area (Å²) >= 11 is 0. The SMILES string of the molecule is CCC1Oc2ccc([N+](=O)[O-])cc2N(CC(=O)c2ccc3c(c2)NC(=O)C(C)O3)C1=O. The van der Waals surface area contributed by atoms with Crippen LogP contribution in [-0.2, 0) is 9.59 Å². The quantitative estimate of drug-likeness (QED) is 0.443. The predicted molar refractivity (Wildman–Crippen MR) is 110 cm³/mol. The molecule has 10 heteroatoms. The molecule has 2 aromatic rings. The van der Waals surface area contributed by atoms with Crippen molar-refractivity contribution in [2.24, 2.45) is 0 Å². The van der Waals surface area contributed by atoms with Crippen LogP contribution in [0.25, 0.3) is 0 Å². The maximum atomic E-state index is 13.0. The molecule has 31 heavy (non-hydrogen) atoms. The molecule has 0 spiro atoms. The molecule has 2 aliphatic heterocycles. The van der Waals surface area contributed by atoms with Crippen LogP contribution in [0.15, 0.2) is 36.4 Å². The van der Waals surface area contributed by atoms with Gasteiger partial charge in [-0.05, 0) is 37.6 Å². The molecule has 2 atom stereocenters. The van der Waals surface area contributed by atoms with E-state index in [0.717, 1.165) is 0 Å². The van der Waals surface area contributed by atoms with Gasteiger partial charge >= 0.3 is 0 Å². The lowest BCUT2D eigenvalue weighted by molar-refractivity contribution is -0.384. The molecule has 0 aliphatic carbocycles. The van der Waals surface area contributed by atoms with E-state index in [1.165, 1.54) is 29.2 Å². The van der Waals surface area contributed by atoms with E-state index < -0.39 is 28.8 Å². The number of hydrogen-bond acceptors (Lipinski definition) is 7. The van der Waals surface area contributed by atoms with Crippen molar-refractivity contribution in [2.75, 3.05) is 16.8 Å². The summed E-state index contributed by atoms with van der Waals surface area (Å²) in [7, 11) is 0. The van der Waals surface area contributed by atoms with E-state index in [1.807, 2.05) is 0 Å². The van der Waals surface area contributed by atoms with E-state index in [-0.39, 0.29) is 29.4 Å². The number of rotatable bonds is 5. The van der Waals surface area contributed by atoms with Crippen molar-refractivity contribution in [3.05, 3.63) is 52.1 Å². The number of carbonyl (C=O) groups excluding carboxylic acids is 3. The number of Topliss-reactive ketones (excluding diaryl/α,β-unsaturated/α-hetero) is 1. The zero-order valence-corrected chi connectivity index (χ0v) is 16.8. The van der Waals surface area contributed by atoms with Crippen molar-refractivity contribution < 1.29 is 28.8 Å². The van der Waals surface area contributed by atoms with Gasteiger partial charge in [0, 0.05) is 17.7 Å². The number of nitrogens with one attached hydrogen (secondary N) is 1. The molecular formula is C21H19N3O7. The number of ether oxygens (including phenoxy) is 2. The maximum absolute atomic E-state index is 13.0. The van der Waals surface area contributed by atoms with E-state index in [0.29, 0.717) is 23.6 Å². The van der Waals surface area contributed by atoms with E-state index in [9.17, 15) is 24.5 Å². The molecule has 4 rings (SSSR count). The third kappa shape index (κ3) is 3.67. The van der Waals surface area contributed by atoms with E-state index in [1.54, 1.807) is 26.0 Å².